The molecule has 0 saturated carbocycles. The summed E-state index contributed by atoms with van der Waals surface area (Å²) in [6.45, 7) is 2.40. The summed E-state index contributed by atoms with van der Waals surface area (Å²) in [5.41, 5.74) is 1.53. The Balaban J connectivity index is 1.83. The van der Waals surface area contributed by atoms with E-state index in [1.165, 1.54) is 28.8 Å². The molecule has 1 heterocycles. The average molecular weight is 417 g/mol. The quantitative estimate of drug-likeness (QED) is 0.716. The van der Waals surface area contributed by atoms with Gasteiger partial charge in [0.1, 0.15) is 5.75 Å². The Hall–Kier alpha value is -2.77. The fourth-order valence-electron chi connectivity index (χ4n) is 2.47. The lowest BCUT2D eigenvalue weighted by atomic mass is 10.2. The number of amidine groups is 1. The predicted molar refractivity (Wildman–Crippen MR) is 111 cm³/mol. The zero-order chi connectivity index (χ0) is 20.3. The van der Waals surface area contributed by atoms with Gasteiger partial charge in [0, 0.05) is 7.05 Å². The number of rotatable bonds is 5. The molecule has 1 aliphatic rings. The van der Waals surface area contributed by atoms with E-state index in [1.807, 2.05) is 13.0 Å². The smallest absolute Gasteiger partial charge is 0.335 e. The Morgan fingerprint density at radius 2 is 2.00 bits per heavy atom. The van der Waals surface area contributed by atoms with Gasteiger partial charge in [0.05, 0.1) is 27.8 Å². The van der Waals surface area contributed by atoms with Crippen LogP contribution in [0, 0.1) is 0 Å². The van der Waals surface area contributed by atoms with Crippen molar-refractivity contribution in [2.24, 2.45) is 4.99 Å². The normalized spacial score (nSPS) is 16.8. The van der Waals surface area contributed by atoms with Gasteiger partial charge in [-0.1, -0.05) is 17.7 Å². The average Bonchev–Trinajstić information content (AvgIpc) is 2.92. The van der Waals surface area contributed by atoms with E-state index in [9.17, 15) is 9.59 Å². The van der Waals surface area contributed by atoms with Crippen LogP contribution >= 0.6 is 23.4 Å². The van der Waals surface area contributed by atoms with E-state index in [4.69, 9.17) is 21.4 Å². The van der Waals surface area contributed by atoms with Crippen LogP contribution in [0.1, 0.15) is 22.8 Å². The molecule has 0 radical (unpaired) electrons. The number of nitrogens with zero attached hydrogens (tertiary/aromatic N) is 2. The second-order valence-corrected chi connectivity index (χ2v) is 7.26. The highest BCUT2D eigenvalue weighted by Crippen LogP contribution is 2.34. The third-order valence-electron chi connectivity index (χ3n) is 3.90. The van der Waals surface area contributed by atoms with Gasteiger partial charge in [0.2, 0.25) is 0 Å². The summed E-state index contributed by atoms with van der Waals surface area (Å²) in [6, 6.07) is 11.5. The molecule has 1 aliphatic heterocycles. The number of amides is 1. The number of carboxylic acid groups (broad SMARTS) is 1. The molecule has 1 fully saturated rings. The van der Waals surface area contributed by atoms with Crippen LogP contribution < -0.4 is 4.74 Å². The third-order valence-corrected chi connectivity index (χ3v) is 5.25. The highest BCUT2D eigenvalue weighted by atomic mass is 35.5. The summed E-state index contributed by atoms with van der Waals surface area (Å²) in [5.74, 6) is -0.571. The maximum Gasteiger partial charge on any atom is 0.335 e. The summed E-state index contributed by atoms with van der Waals surface area (Å²) in [4.78, 5) is 29.9. The number of hydrogen-bond donors (Lipinski definition) is 1. The first-order chi connectivity index (χ1) is 13.4. The summed E-state index contributed by atoms with van der Waals surface area (Å²) in [7, 11) is 1.64. The number of aromatic carboxylic acids is 1. The molecule has 0 bridgehead atoms. The molecule has 2 aromatic rings. The number of likely N-dealkylation sites (N-methyl/N-ethyl adjacent to an activating group) is 1. The van der Waals surface area contributed by atoms with Gasteiger partial charge in [0.25, 0.3) is 5.91 Å². The van der Waals surface area contributed by atoms with E-state index in [2.05, 4.69) is 4.99 Å². The van der Waals surface area contributed by atoms with Crippen LogP contribution in [0.25, 0.3) is 6.08 Å². The van der Waals surface area contributed by atoms with Crippen molar-refractivity contribution in [3.8, 4) is 5.75 Å². The Kier molecular flexibility index (Phi) is 6.06. The lowest BCUT2D eigenvalue weighted by molar-refractivity contribution is -0.121. The molecule has 1 N–H and O–H groups in total. The van der Waals surface area contributed by atoms with Gasteiger partial charge in [-0.15, -0.1) is 0 Å². The SMILES string of the molecule is CCOc1ccc(/C=C2\SC(=Nc3ccc(C(=O)O)cc3)N(C)C2=O)cc1Cl. The van der Waals surface area contributed by atoms with Gasteiger partial charge < -0.3 is 9.84 Å². The molecule has 6 nitrogen and oxygen atoms in total. The standard InChI is InChI=1S/C20H17ClN2O4S/c1-3-27-16-9-4-12(10-15(16)21)11-17-18(24)23(2)20(28-17)22-14-7-5-13(6-8-14)19(25)26/h4-11H,3H2,1-2H3,(H,25,26)/b17-11-,22-20?. The van der Waals surface area contributed by atoms with E-state index in [1.54, 1.807) is 37.4 Å². The molecular formula is C20H17ClN2O4S. The summed E-state index contributed by atoms with van der Waals surface area (Å²) in [6.07, 6.45) is 1.75. The predicted octanol–water partition coefficient (Wildman–Crippen LogP) is 4.67. The maximum absolute atomic E-state index is 12.5. The molecule has 0 aromatic heterocycles. The number of benzene rings is 2. The monoisotopic (exact) mass is 416 g/mol. The van der Waals surface area contributed by atoms with Crippen LogP contribution in [-0.4, -0.2) is 40.7 Å². The molecule has 1 amide bonds. The van der Waals surface area contributed by atoms with Gasteiger partial charge in [0.15, 0.2) is 5.17 Å². The van der Waals surface area contributed by atoms with Crippen molar-refractivity contribution in [3.05, 3.63) is 63.5 Å². The summed E-state index contributed by atoms with van der Waals surface area (Å²) >= 11 is 7.45. The number of thioether (sulfide) groups is 1. The van der Waals surface area contributed by atoms with Gasteiger partial charge >= 0.3 is 5.97 Å². The minimum atomic E-state index is -0.999. The fraction of sp³-hybridized carbons (Fsp3) is 0.150. The molecule has 144 valence electrons. The van der Waals surface area contributed by atoms with Crippen LogP contribution in [0.2, 0.25) is 5.02 Å². The first kappa shape index (κ1) is 20.0. The van der Waals surface area contributed by atoms with Crippen molar-refractivity contribution in [2.45, 2.75) is 6.92 Å². The highest BCUT2D eigenvalue weighted by Gasteiger charge is 2.30. The van der Waals surface area contributed by atoms with Crippen molar-refractivity contribution in [2.75, 3.05) is 13.7 Å². The number of carbonyl (C=O) groups is 2. The van der Waals surface area contributed by atoms with Crippen LogP contribution in [-0.2, 0) is 4.79 Å². The minimum Gasteiger partial charge on any atom is -0.492 e. The topological polar surface area (TPSA) is 79.2 Å². The lowest BCUT2D eigenvalue weighted by Gasteiger charge is -2.07. The number of halogens is 1. The Morgan fingerprint density at radius 1 is 1.29 bits per heavy atom. The van der Waals surface area contributed by atoms with Gasteiger partial charge in [-0.25, -0.2) is 9.79 Å². The second kappa shape index (κ2) is 8.50. The zero-order valence-corrected chi connectivity index (χ0v) is 16.8. The van der Waals surface area contributed by atoms with Crippen LogP contribution in [0.5, 0.6) is 5.75 Å². The summed E-state index contributed by atoms with van der Waals surface area (Å²) < 4.78 is 5.42. The molecular weight excluding hydrogens is 400 g/mol. The van der Waals surface area contributed by atoms with Gasteiger partial charge in [-0.05, 0) is 66.7 Å². The Morgan fingerprint density at radius 3 is 2.61 bits per heavy atom. The largest absolute Gasteiger partial charge is 0.492 e. The highest BCUT2D eigenvalue weighted by molar-refractivity contribution is 8.18. The molecule has 0 spiro atoms. The van der Waals surface area contributed by atoms with Crippen molar-refractivity contribution < 1.29 is 19.4 Å². The van der Waals surface area contributed by atoms with E-state index < -0.39 is 5.97 Å². The molecule has 3 rings (SSSR count). The Bertz CT molecular complexity index is 986. The first-order valence-corrected chi connectivity index (χ1v) is 9.60. The first-order valence-electron chi connectivity index (χ1n) is 8.41. The van der Waals surface area contributed by atoms with Crippen molar-refractivity contribution in [1.82, 2.24) is 4.90 Å². The molecule has 0 aliphatic carbocycles. The van der Waals surface area contributed by atoms with Crippen LogP contribution in [0.4, 0.5) is 5.69 Å². The van der Waals surface area contributed by atoms with E-state index in [0.717, 1.165) is 5.56 Å². The van der Waals surface area contributed by atoms with Gasteiger partial charge in [-0.3, -0.25) is 9.69 Å². The Labute approximate surface area is 171 Å². The van der Waals surface area contributed by atoms with Crippen molar-refractivity contribution in [1.29, 1.82) is 0 Å². The number of carboxylic acids is 1. The maximum atomic E-state index is 12.5. The summed E-state index contributed by atoms with van der Waals surface area (Å²) in [5, 5.41) is 9.95. The number of carbonyl (C=O) groups excluding carboxylic acids is 1. The van der Waals surface area contributed by atoms with E-state index in [0.29, 0.717) is 33.1 Å². The zero-order valence-electron chi connectivity index (χ0n) is 15.2. The van der Waals surface area contributed by atoms with Crippen LogP contribution in [0.15, 0.2) is 52.4 Å². The molecule has 0 atom stereocenters. The number of ether oxygens (including phenoxy) is 1. The second-order valence-electron chi connectivity index (χ2n) is 5.84. The lowest BCUT2D eigenvalue weighted by Crippen LogP contribution is -2.23. The van der Waals surface area contributed by atoms with Crippen molar-refractivity contribution >= 4 is 52.2 Å². The van der Waals surface area contributed by atoms with E-state index >= 15 is 0 Å². The minimum absolute atomic E-state index is 0.170. The molecule has 28 heavy (non-hydrogen) atoms. The molecule has 0 unspecified atom stereocenters. The molecule has 1 saturated heterocycles. The number of hydrogen-bond acceptors (Lipinski definition) is 5. The fourth-order valence-corrected chi connectivity index (χ4v) is 3.70. The number of aliphatic imine (C=N–C) groups is 1. The molecule has 8 heteroatoms. The molecule has 2 aromatic carbocycles. The van der Waals surface area contributed by atoms with Crippen molar-refractivity contribution in [3.63, 3.8) is 0 Å². The van der Waals surface area contributed by atoms with Gasteiger partial charge in [-0.2, -0.15) is 0 Å². The third kappa shape index (κ3) is 4.37. The van der Waals surface area contributed by atoms with Crippen LogP contribution in [0.3, 0.4) is 0 Å². The van der Waals surface area contributed by atoms with E-state index in [-0.39, 0.29) is 11.5 Å².